The first-order valence-corrected chi connectivity index (χ1v) is 10.0. The molecule has 5 rings (SSSR count). The third kappa shape index (κ3) is 3.13. The second-order valence-corrected chi connectivity index (χ2v) is 7.79. The number of morpholine rings is 1. The molecular formula is C21H24N6O2. The number of fused-ring (bicyclic) bond motifs is 1. The van der Waals surface area contributed by atoms with Crippen molar-refractivity contribution in [2.24, 2.45) is 0 Å². The van der Waals surface area contributed by atoms with Gasteiger partial charge in [0.2, 0.25) is 5.91 Å². The number of rotatable bonds is 3. The average Bonchev–Trinajstić information content (AvgIpc) is 3.35. The summed E-state index contributed by atoms with van der Waals surface area (Å²) >= 11 is 0. The van der Waals surface area contributed by atoms with Crippen molar-refractivity contribution in [3.63, 3.8) is 0 Å². The number of nitrogens with one attached hydrogen (secondary N) is 1. The van der Waals surface area contributed by atoms with E-state index >= 15 is 0 Å². The van der Waals surface area contributed by atoms with Crippen molar-refractivity contribution >= 4 is 22.8 Å². The van der Waals surface area contributed by atoms with Gasteiger partial charge in [-0.1, -0.05) is 0 Å². The Morgan fingerprint density at radius 3 is 2.93 bits per heavy atom. The summed E-state index contributed by atoms with van der Waals surface area (Å²) in [4.78, 5) is 34.0. The minimum absolute atomic E-state index is 0.122. The summed E-state index contributed by atoms with van der Waals surface area (Å²) in [6.07, 6.45) is 4.40. The fourth-order valence-corrected chi connectivity index (χ4v) is 4.22. The van der Waals surface area contributed by atoms with E-state index in [2.05, 4.69) is 21.8 Å². The number of aromatic nitrogens is 4. The molecule has 29 heavy (non-hydrogen) atoms. The van der Waals surface area contributed by atoms with Gasteiger partial charge in [-0.25, -0.2) is 15.0 Å². The Morgan fingerprint density at radius 2 is 2.14 bits per heavy atom. The van der Waals surface area contributed by atoms with Gasteiger partial charge in [-0.2, -0.15) is 0 Å². The van der Waals surface area contributed by atoms with Crippen LogP contribution in [-0.2, 0) is 9.53 Å². The van der Waals surface area contributed by atoms with E-state index < -0.39 is 0 Å². The summed E-state index contributed by atoms with van der Waals surface area (Å²) < 4.78 is 5.60. The lowest BCUT2D eigenvalue weighted by molar-refractivity contribution is -0.127. The van der Waals surface area contributed by atoms with Gasteiger partial charge in [0.1, 0.15) is 11.5 Å². The average molecular weight is 392 g/mol. The fourth-order valence-electron chi connectivity index (χ4n) is 4.22. The molecule has 3 aromatic heterocycles. The molecule has 2 fully saturated rings. The molecule has 0 aromatic carbocycles. The SMILES string of the molecule is C[C@@H]1COCCN1c1cc([C@@H]2CCN(C)C2=O)nc(-c2ccnc3[nH]ccc23)n1. The van der Waals surface area contributed by atoms with E-state index in [1.54, 1.807) is 11.1 Å². The van der Waals surface area contributed by atoms with Crippen LogP contribution in [0.2, 0.25) is 0 Å². The molecule has 2 atom stereocenters. The highest BCUT2D eigenvalue weighted by atomic mass is 16.5. The summed E-state index contributed by atoms with van der Waals surface area (Å²) in [5, 5.41) is 0.973. The monoisotopic (exact) mass is 392 g/mol. The second-order valence-electron chi connectivity index (χ2n) is 7.79. The number of pyridine rings is 1. The largest absolute Gasteiger partial charge is 0.377 e. The van der Waals surface area contributed by atoms with Crippen LogP contribution in [0.15, 0.2) is 30.6 Å². The van der Waals surface area contributed by atoms with Crippen molar-refractivity contribution in [1.29, 1.82) is 0 Å². The zero-order valence-electron chi connectivity index (χ0n) is 16.6. The Bertz CT molecular complexity index is 1060. The first kappa shape index (κ1) is 18.1. The van der Waals surface area contributed by atoms with Crippen LogP contribution in [-0.4, -0.2) is 70.1 Å². The molecule has 0 radical (unpaired) electrons. The highest BCUT2D eigenvalue weighted by Crippen LogP contribution is 2.32. The number of carbonyl (C=O) groups is 1. The van der Waals surface area contributed by atoms with Gasteiger partial charge >= 0.3 is 0 Å². The van der Waals surface area contributed by atoms with E-state index in [4.69, 9.17) is 14.7 Å². The van der Waals surface area contributed by atoms with E-state index in [0.717, 1.165) is 47.6 Å². The van der Waals surface area contributed by atoms with E-state index in [-0.39, 0.29) is 17.9 Å². The molecule has 2 aliphatic rings. The first-order valence-electron chi connectivity index (χ1n) is 10.0. The standard InChI is InChI=1S/C21H24N6O2/c1-13-12-29-10-9-27(13)18-11-17(16-5-8-26(2)21(16)28)24-20(25-18)15-4-7-23-19-14(15)3-6-22-19/h3-4,6-7,11,13,16H,5,8-10,12H2,1-2H3,(H,22,23)/t13-,16+/m1/s1. The Kier molecular flexibility index (Phi) is 4.43. The highest BCUT2D eigenvalue weighted by molar-refractivity contribution is 5.91. The van der Waals surface area contributed by atoms with Gasteiger partial charge < -0.3 is 19.5 Å². The topological polar surface area (TPSA) is 87.2 Å². The Labute approximate surface area is 168 Å². The summed E-state index contributed by atoms with van der Waals surface area (Å²) in [6, 6.07) is 6.12. The smallest absolute Gasteiger partial charge is 0.231 e. The van der Waals surface area contributed by atoms with E-state index in [1.807, 2.05) is 31.4 Å². The molecule has 0 unspecified atom stereocenters. The van der Waals surface area contributed by atoms with Crippen molar-refractivity contribution in [3.8, 4) is 11.4 Å². The van der Waals surface area contributed by atoms with Crippen molar-refractivity contribution in [2.45, 2.75) is 25.3 Å². The van der Waals surface area contributed by atoms with Crippen LogP contribution in [0.25, 0.3) is 22.4 Å². The van der Waals surface area contributed by atoms with Crippen LogP contribution >= 0.6 is 0 Å². The molecule has 1 N–H and O–H groups in total. The van der Waals surface area contributed by atoms with Crippen LogP contribution in [0.4, 0.5) is 5.82 Å². The molecule has 150 valence electrons. The fraction of sp³-hybridized carbons (Fsp3) is 0.429. The van der Waals surface area contributed by atoms with E-state index in [1.165, 1.54) is 0 Å². The van der Waals surface area contributed by atoms with Gasteiger partial charge in [-0.05, 0) is 25.5 Å². The molecule has 0 spiro atoms. The maximum Gasteiger partial charge on any atom is 0.231 e. The minimum atomic E-state index is -0.222. The molecular weight excluding hydrogens is 368 g/mol. The summed E-state index contributed by atoms with van der Waals surface area (Å²) in [7, 11) is 1.85. The third-order valence-electron chi connectivity index (χ3n) is 5.88. The van der Waals surface area contributed by atoms with Crippen LogP contribution in [0.3, 0.4) is 0 Å². The number of amides is 1. The number of hydrogen-bond acceptors (Lipinski definition) is 6. The number of ether oxygens (including phenoxy) is 1. The maximum atomic E-state index is 12.7. The predicted molar refractivity (Wildman–Crippen MR) is 110 cm³/mol. The van der Waals surface area contributed by atoms with Crippen LogP contribution in [0, 0.1) is 0 Å². The maximum absolute atomic E-state index is 12.7. The van der Waals surface area contributed by atoms with Gasteiger partial charge in [0.05, 0.1) is 30.9 Å². The van der Waals surface area contributed by atoms with Crippen molar-refractivity contribution < 1.29 is 9.53 Å². The molecule has 2 saturated heterocycles. The lowest BCUT2D eigenvalue weighted by atomic mass is 10.0. The van der Waals surface area contributed by atoms with E-state index in [0.29, 0.717) is 19.0 Å². The number of carbonyl (C=O) groups excluding carboxylic acids is 1. The third-order valence-corrected chi connectivity index (χ3v) is 5.88. The quantitative estimate of drug-likeness (QED) is 0.735. The van der Waals surface area contributed by atoms with Gasteiger partial charge in [-0.15, -0.1) is 0 Å². The van der Waals surface area contributed by atoms with Crippen molar-refractivity contribution in [1.82, 2.24) is 24.8 Å². The normalized spacial score (nSPS) is 22.6. The lowest BCUT2D eigenvalue weighted by Gasteiger charge is -2.34. The number of hydrogen-bond donors (Lipinski definition) is 1. The Balaban J connectivity index is 1.66. The van der Waals surface area contributed by atoms with Crippen molar-refractivity contribution in [3.05, 3.63) is 36.3 Å². The summed E-state index contributed by atoms with van der Waals surface area (Å²) in [5.74, 6) is 1.38. The lowest BCUT2D eigenvalue weighted by Crippen LogP contribution is -2.44. The number of likely N-dealkylation sites (N-methyl/N-ethyl adjacent to an activating group) is 1. The molecule has 8 nitrogen and oxygen atoms in total. The molecule has 2 aliphatic heterocycles. The minimum Gasteiger partial charge on any atom is -0.377 e. The summed E-state index contributed by atoms with van der Waals surface area (Å²) in [5.41, 5.74) is 2.51. The number of likely N-dealkylation sites (tertiary alicyclic amines) is 1. The van der Waals surface area contributed by atoms with Gasteiger partial charge in [0.15, 0.2) is 5.82 Å². The molecule has 1 amide bonds. The zero-order valence-corrected chi connectivity index (χ0v) is 16.6. The molecule has 3 aromatic rings. The van der Waals surface area contributed by atoms with Gasteiger partial charge in [0.25, 0.3) is 0 Å². The number of nitrogens with zero attached hydrogens (tertiary/aromatic N) is 5. The molecule has 0 aliphatic carbocycles. The first-order chi connectivity index (χ1) is 14.1. The van der Waals surface area contributed by atoms with E-state index in [9.17, 15) is 4.79 Å². The second kappa shape index (κ2) is 7.11. The van der Waals surface area contributed by atoms with Gasteiger partial charge in [0, 0.05) is 49.5 Å². The van der Waals surface area contributed by atoms with Crippen molar-refractivity contribution in [2.75, 3.05) is 38.3 Å². The van der Waals surface area contributed by atoms with Crippen LogP contribution in [0.5, 0.6) is 0 Å². The van der Waals surface area contributed by atoms with Gasteiger partial charge in [-0.3, -0.25) is 4.79 Å². The number of H-pyrrole nitrogens is 1. The Hall–Kier alpha value is -3.00. The highest BCUT2D eigenvalue weighted by Gasteiger charge is 2.33. The molecule has 0 bridgehead atoms. The number of anilines is 1. The molecule has 0 saturated carbocycles. The summed E-state index contributed by atoms with van der Waals surface area (Å²) in [6.45, 7) is 4.99. The van der Waals surface area contributed by atoms with Crippen LogP contribution in [0.1, 0.15) is 25.0 Å². The number of aromatic amines is 1. The zero-order chi connectivity index (χ0) is 20.0. The predicted octanol–water partition coefficient (Wildman–Crippen LogP) is 2.19. The molecule has 8 heteroatoms. The molecule has 5 heterocycles. The Morgan fingerprint density at radius 1 is 1.24 bits per heavy atom. The van der Waals surface area contributed by atoms with Crippen LogP contribution < -0.4 is 4.90 Å².